The Hall–Kier alpha value is -1.02. The zero-order valence-corrected chi connectivity index (χ0v) is 11.3. The molecule has 94 valence electrons. The minimum atomic E-state index is 0.618. The van der Waals surface area contributed by atoms with Crippen LogP contribution in [0.15, 0.2) is 18.2 Å². The highest BCUT2D eigenvalue weighted by Crippen LogP contribution is 2.27. The zero-order valence-electron chi connectivity index (χ0n) is 11.3. The number of fused-ring (bicyclic) bond motifs is 1. The third-order valence-corrected chi connectivity index (χ3v) is 3.55. The highest BCUT2D eigenvalue weighted by molar-refractivity contribution is 5.61. The van der Waals surface area contributed by atoms with Gasteiger partial charge in [-0.15, -0.1) is 0 Å². The van der Waals surface area contributed by atoms with Crippen LogP contribution in [0.1, 0.15) is 38.3 Å². The molecule has 0 atom stereocenters. The summed E-state index contributed by atoms with van der Waals surface area (Å²) in [6.45, 7) is 10.2. The Labute approximate surface area is 105 Å². The van der Waals surface area contributed by atoms with Crippen LogP contribution in [-0.2, 0) is 13.0 Å². The van der Waals surface area contributed by atoms with E-state index in [1.54, 1.807) is 0 Å². The van der Waals surface area contributed by atoms with E-state index in [4.69, 9.17) is 0 Å². The van der Waals surface area contributed by atoms with E-state index in [1.807, 2.05) is 0 Å². The summed E-state index contributed by atoms with van der Waals surface area (Å²) in [5.74, 6) is 0. The molecule has 0 fully saturated rings. The van der Waals surface area contributed by atoms with Gasteiger partial charge in [-0.2, -0.15) is 0 Å². The highest BCUT2D eigenvalue weighted by Gasteiger charge is 2.16. The molecule has 0 spiro atoms. The number of nitrogens with one attached hydrogen (secondary N) is 1. The average Bonchev–Trinajstić information content (AvgIpc) is 2.77. The number of benzene rings is 1. The van der Waals surface area contributed by atoms with E-state index in [1.165, 1.54) is 36.2 Å². The van der Waals surface area contributed by atoms with Crippen LogP contribution in [0.4, 0.5) is 5.69 Å². The zero-order chi connectivity index (χ0) is 12.3. The van der Waals surface area contributed by atoms with E-state index in [9.17, 15) is 0 Å². The van der Waals surface area contributed by atoms with Crippen LogP contribution in [0, 0.1) is 0 Å². The fourth-order valence-corrected chi connectivity index (χ4v) is 2.57. The third-order valence-electron chi connectivity index (χ3n) is 3.55. The third kappa shape index (κ3) is 2.81. The van der Waals surface area contributed by atoms with Gasteiger partial charge >= 0.3 is 0 Å². The molecule has 17 heavy (non-hydrogen) atoms. The topological polar surface area (TPSA) is 15.3 Å². The van der Waals surface area contributed by atoms with Crippen molar-refractivity contribution in [3.63, 3.8) is 0 Å². The Balaban J connectivity index is 2.14. The Morgan fingerprint density at radius 1 is 1.35 bits per heavy atom. The first-order chi connectivity index (χ1) is 8.22. The first-order valence-electron chi connectivity index (χ1n) is 6.81. The molecule has 0 radical (unpaired) electrons. The lowest BCUT2D eigenvalue weighted by molar-refractivity contribution is 0.213. The molecule has 0 aromatic heterocycles. The molecule has 1 aromatic rings. The predicted octanol–water partition coefficient (Wildman–Crippen LogP) is 3.28. The minimum absolute atomic E-state index is 0.618. The number of anilines is 1. The lowest BCUT2D eigenvalue weighted by Gasteiger charge is -2.27. The summed E-state index contributed by atoms with van der Waals surface area (Å²) in [6, 6.07) is 7.33. The Morgan fingerprint density at radius 3 is 2.88 bits per heavy atom. The minimum Gasteiger partial charge on any atom is -0.384 e. The number of hydrogen-bond donors (Lipinski definition) is 1. The van der Waals surface area contributed by atoms with Crippen molar-refractivity contribution < 1.29 is 0 Å². The molecule has 0 bridgehead atoms. The standard InChI is InChI=1S/C15H24N2/c1-4-10-17(12(2)3)11-14-7-5-6-13-8-9-16-15(13)14/h5-7,12,16H,4,8-11H2,1-3H3. The molecule has 1 aromatic carbocycles. The lowest BCUT2D eigenvalue weighted by atomic mass is 10.1. The fourth-order valence-electron chi connectivity index (χ4n) is 2.57. The molecule has 1 heterocycles. The van der Waals surface area contributed by atoms with Gasteiger partial charge in [-0.1, -0.05) is 25.1 Å². The molecule has 1 aliphatic rings. The van der Waals surface area contributed by atoms with Gasteiger partial charge < -0.3 is 5.32 Å². The van der Waals surface area contributed by atoms with Gasteiger partial charge in [0.25, 0.3) is 0 Å². The molecule has 1 aliphatic heterocycles. The normalized spacial score (nSPS) is 14.2. The van der Waals surface area contributed by atoms with E-state index in [0.29, 0.717) is 6.04 Å². The molecule has 2 rings (SSSR count). The summed E-state index contributed by atoms with van der Waals surface area (Å²) < 4.78 is 0. The van der Waals surface area contributed by atoms with Crippen molar-refractivity contribution in [2.45, 2.75) is 46.2 Å². The predicted molar refractivity (Wildman–Crippen MR) is 74.5 cm³/mol. The van der Waals surface area contributed by atoms with Crippen molar-refractivity contribution in [3.05, 3.63) is 29.3 Å². The molecule has 0 saturated heterocycles. The molecule has 0 unspecified atom stereocenters. The van der Waals surface area contributed by atoms with E-state index >= 15 is 0 Å². The summed E-state index contributed by atoms with van der Waals surface area (Å²) in [6.07, 6.45) is 2.40. The van der Waals surface area contributed by atoms with Gasteiger partial charge in [0, 0.05) is 24.8 Å². The smallest absolute Gasteiger partial charge is 0.0419 e. The SMILES string of the molecule is CCCN(Cc1cccc2c1NCC2)C(C)C. The van der Waals surface area contributed by atoms with Crippen LogP contribution < -0.4 is 5.32 Å². The van der Waals surface area contributed by atoms with Gasteiger partial charge in [0.2, 0.25) is 0 Å². The van der Waals surface area contributed by atoms with Crippen LogP contribution >= 0.6 is 0 Å². The van der Waals surface area contributed by atoms with Crippen LogP contribution in [0.5, 0.6) is 0 Å². The Morgan fingerprint density at radius 2 is 2.18 bits per heavy atom. The van der Waals surface area contributed by atoms with E-state index in [-0.39, 0.29) is 0 Å². The molecule has 0 aliphatic carbocycles. The van der Waals surface area contributed by atoms with Gasteiger partial charge in [0.15, 0.2) is 0 Å². The van der Waals surface area contributed by atoms with Crippen LogP contribution in [0.25, 0.3) is 0 Å². The second-order valence-corrected chi connectivity index (χ2v) is 5.19. The first-order valence-corrected chi connectivity index (χ1v) is 6.81. The van der Waals surface area contributed by atoms with E-state index < -0.39 is 0 Å². The van der Waals surface area contributed by atoms with Gasteiger partial charge in [-0.05, 0) is 44.4 Å². The number of rotatable bonds is 5. The summed E-state index contributed by atoms with van der Waals surface area (Å²) in [4.78, 5) is 2.55. The fraction of sp³-hybridized carbons (Fsp3) is 0.600. The van der Waals surface area contributed by atoms with E-state index in [0.717, 1.165) is 13.1 Å². The lowest BCUT2D eigenvalue weighted by Crippen LogP contribution is -2.31. The van der Waals surface area contributed by atoms with Crippen molar-refractivity contribution >= 4 is 5.69 Å². The summed E-state index contributed by atoms with van der Waals surface area (Å²) >= 11 is 0. The van der Waals surface area contributed by atoms with Crippen molar-refractivity contribution in [3.8, 4) is 0 Å². The Bertz CT molecular complexity index is 371. The summed E-state index contributed by atoms with van der Waals surface area (Å²) in [5, 5.41) is 3.53. The quantitative estimate of drug-likeness (QED) is 0.838. The number of para-hydroxylation sites is 1. The molecule has 2 heteroatoms. The van der Waals surface area contributed by atoms with Crippen LogP contribution in [0.2, 0.25) is 0 Å². The average molecular weight is 232 g/mol. The largest absolute Gasteiger partial charge is 0.384 e. The number of hydrogen-bond acceptors (Lipinski definition) is 2. The molecule has 1 N–H and O–H groups in total. The van der Waals surface area contributed by atoms with Crippen molar-refractivity contribution in [1.82, 2.24) is 4.90 Å². The molecular weight excluding hydrogens is 208 g/mol. The molecule has 0 saturated carbocycles. The van der Waals surface area contributed by atoms with Gasteiger partial charge in [0.1, 0.15) is 0 Å². The van der Waals surface area contributed by atoms with Crippen LogP contribution in [-0.4, -0.2) is 24.0 Å². The second-order valence-electron chi connectivity index (χ2n) is 5.19. The van der Waals surface area contributed by atoms with Crippen molar-refractivity contribution in [2.75, 3.05) is 18.4 Å². The maximum Gasteiger partial charge on any atom is 0.0419 e. The van der Waals surface area contributed by atoms with E-state index in [2.05, 4.69) is 49.2 Å². The maximum atomic E-state index is 3.53. The Kier molecular flexibility index (Phi) is 4.06. The van der Waals surface area contributed by atoms with Gasteiger partial charge in [0.05, 0.1) is 0 Å². The highest BCUT2D eigenvalue weighted by atomic mass is 15.1. The summed E-state index contributed by atoms with van der Waals surface area (Å²) in [7, 11) is 0. The van der Waals surface area contributed by atoms with Gasteiger partial charge in [-0.25, -0.2) is 0 Å². The molecular formula is C15H24N2. The number of nitrogens with zero attached hydrogens (tertiary/aromatic N) is 1. The molecule has 2 nitrogen and oxygen atoms in total. The monoisotopic (exact) mass is 232 g/mol. The van der Waals surface area contributed by atoms with Crippen LogP contribution in [0.3, 0.4) is 0 Å². The summed E-state index contributed by atoms with van der Waals surface area (Å²) in [5.41, 5.74) is 4.35. The van der Waals surface area contributed by atoms with Crippen molar-refractivity contribution in [2.24, 2.45) is 0 Å². The molecule has 0 amide bonds. The second kappa shape index (κ2) is 5.54. The maximum absolute atomic E-state index is 3.53. The van der Waals surface area contributed by atoms with Gasteiger partial charge in [-0.3, -0.25) is 4.90 Å². The first kappa shape index (κ1) is 12.4. The van der Waals surface area contributed by atoms with Crippen molar-refractivity contribution in [1.29, 1.82) is 0 Å².